The fourth-order valence-electron chi connectivity index (χ4n) is 2.36. The van der Waals surface area contributed by atoms with E-state index in [0.29, 0.717) is 10.6 Å². The van der Waals surface area contributed by atoms with Crippen molar-refractivity contribution in [2.45, 2.75) is 25.3 Å². The van der Waals surface area contributed by atoms with Gasteiger partial charge in [0.05, 0.1) is 10.0 Å². The van der Waals surface area contributed by atoms with Crippen LogP contribution in [0.4, 0.5) is 0 Å². The molecule has 1 heterocycles. The van der Waals surface area contributed by atoms with Crippen LogP contribution in [0, 0.1) is 5.92 Å². The highest BCUT2D eigenvalue weighted by atomic mass is 35.5. The largest absolute Gasteiger partial charge is 0.479 e. The molecule has 0 bridgehead atoms. The summed E-state index contributed by atoms with van der Waals surface area (Å²) in [7, 11) is 0. The number of carboxylic acid groups (broad SMARTS) is 1. The smallest absolute Gasteiger partial charge is 0.333 e. The van der Waals surface area contributed by atoms with Gasteiger partial charge in [-0.15, -0.1) is 0 Å². The van der Waals surface area contributed by atoms with Gasteiger partial charge in [0.1, 0.15) is 0 Å². The predicted molar refractivity (Wildman–Crippen MR) is 89.6 cm³/mol. The quantitative estimate of drug-likeness (QED) is 0.860. The molecule has 4 nitrogen and oxygen atoms in total. The topological polar surface area (TPSA) is 66.4 Å². The van der Waals surface area contributed by atoms with Crippen LogP contribution in [0.25, 0.3) is 0 Å². The van der Waals surface area contributed by atoms with Crippen molar-refractivity contribution in [2.24, 2.45) is 5.92 Å². The van der Waals surface area contributed by atoms with Crippen molar-refractivity contribution in [1.29, 1.82) is 0 Å². The van der Waals surface area contributed by atoms with Crippen molar-refractivity contribution in [1.82, 2.24) is 5.32 Å². The molecule has 1 aliphatic heterocycles. The summed E-state index contributed by atoms with van der Waals surface area (Å²) in [6.07, 6.45) is 1.54. The molecule has 120 valence electrons. The van der Waals surface area contributed by atoms with Crippen LogP contribution < -0.4 is 5.32 Å². The number of carbonyl (C=O) groups excluding carboxylic acids is 1. The molecule has 0 spiro atoms. The van der Waals surface area contributed by atoms with E-state index >= 15 is 0 Å². The van der Waals surface area contributed by atoms with Gasteiger partial charge in [-0.2, -0.15) is 11.8 Å². The van der Waals surface area contributed by atoms with Crippen molar-refractivity contribution in [3.05, 3.63) is 33.8 Å². The first-order chi connectivity index (χ1) is 10.3. The third-order valence-electron chi connectivity index (χ3n) is 3.89. The molecule has 1 fully saturated rings. The number of carbonyl (C=O) groups is 2. The van der Waals surface area contributed by atoms with E-state index in [9.17, 15) is 14.7 Å². The zero-order chi connectivity index (χ0) is 16.3. The number of thioether (sulfide) groups is 1. The van der Waals surface area contributed by atoms with E-state index in [-0.39, 0.29) is 16.8 Å². The molecular weight excluding hydrogens is 345 g/mol. The van der Waals surface area contributed by atoms with Gasteiger partial charge in [-0.05, 0) is 49.0 Å². The SMILES string of the molecule is CC(NC(=O)C1CCSCC1)(C(=O)O)c1ccc(Cl)c(Cl)c1. The summed E-state index contributed by atoms with van der Waals surface area (Å²) in [6, 6.07) is 4.58. The fraction of sp³-hybridized carbons (Fsp3) is 0.467. The molecule has 1 unspecified atom stereocenters. The summed E-state index contributed by atoms with van der Waals surface area (Å²) in [4.78, 5) is 24.1. The first kappa shape index (κ1) is 17.4. The van der Waals surface area contributed by atoms with Gasteiger partial charge >= 0.3 is 5.97 Å². The van der Waals surface area contributed by atoms with Gasteiger partial charge < -0.3 is 10.4 Å². The molecule has 7 heteroatoms. The van der Waals surface area contributed by atoms with E-state index in [0.717, 1.165) is 24.3 Å². The number of amides is 1. The maximum Gasteiger partial charge on any atom is 0.333 e. The maximum absolute atomic E-state index is 12.4. The molecule has 0 aliphatic carbocycles. The minimum Gasteiger partial charge on any atom is -0.479 e. The van der Waals surface area contributed by atoms with Gasteiger partial charge in [0, 0.05) is 5.92 Å². The number of hydrogen-bond acceptors (Lipinski definition) is 3. The van der Waals surface area contributed by atoms with E-state index in [1.807, 2.05) is 11.8 Å². The molecule has 2 rings (SSSR count). The summed E-state index contributed by atoms with van der Waals surface area (Å²) < 4.78 is 0. The first-order valence-electron chi connectivity index (χ1n) is 6.93. The van der Waals surface area contributed by atoms with Crippen LogP contribution in [0.15, 0.2) is 18.2 Å². The van der Waals surface area contributed by atoms with Crippen molar-refractivity contribution in [3.8, 4) is 0 Å². The van der Waals surface area contributed by atoms with Crippen LogP contribution in [0.5, 0.6) is 0 Å². The van der Waals surface area contributed by atoms with Crippen LogP contribution in [-0.4, -0.2) is 28.5 Å². The van der Waals surface area contributed by atoms with Crippen molar-refractivity contribution >= 4 is 46.8 Å². The van der Waals surface area contributed by atoms with E-state index in [1.165, 1.54) is 19.1 Å². The third kappa shape index (κ3) is 3.70. The third-order valence-corrected chi connectivity index (χ3v) is 5.68. The Morgan fingerprint density at radius 2 is 1.91 bits per heavy atom. The second-order valence-corrected chi connectivity index (χ2v) is 7.47. The Kier molecular flexibility index (Phi) is 5.64. The normalized spacial score (nSPS) is 18.5. The molecule has 1 aliphatic rings. The first-order valence-corrected chi connectivity index (χ1v) is 8.84. The average molecular weight is 362 g/mol. The molecule has 0 aromatic heterocycles. The summed E-state index contributed by atoms with van der Waals surface area (Å²) >= 11 is 13.7. The van der Waals surface area contributed by atoms with Crippen molar-refractivity contribution in [3.63, 3.8) is 0 Å². The maximum atomic E-state index is 12.4. The van der Waals surface area contributed by atoms with Gasteiger partial charge in [0.15, 0.2) is 5.54 Å². The minimum atomic E-state index is -1.53. The summed E-state index contributed by atoms with van der Waals surface area (Å²) in [5.41, 5.74) is -1.14. The van der Waals surface area contributed by atoms with Crippen LogP contribution >= 0.6 is 35.0 Å². The van der Waals surface area contributed by atoms with Crippen LogP contribution in [-0.2, 0) is 15.1 Å². The molecular formula is C15H17Cl2NO3S. The molecule has 1 aromatic rings. The number of rotatable bonds is 4. The lowest BCUT2D eigenvalue weighted by molar-refractivity contribution is -0.148. The zero-order valence-electron chi connectivity index (χ0n) is 12.1. The lowest BCUT2D eigenvalue weighted by atomic mass is 9.90. The molecule has 22 heavy (non-hydrogen) atoms. The Labute approximate surface area is 143 Å². The summed E-state index contributed by atoms with van der Waals surface area (Å²) in [6.45, 7) is 1.46. The second kappa shape index (κ2) is 7.11. The zero-order valence-corrected chi connectivity index (χ0v) is 14.4. The summed E-state index contributed by atoms with van der Waals surface area (Å²) in [5.74, 6) is 0.354. The minimum absolute atomic E-state index is 0.136. The van der Waals surface area contributed by atoms with Gasteiger partial charge in [-0.3, -0.25) is 4.79 Å². The number of carboxylic acids is 1. The molecule has 1 atom stereocenters. The monoisotopic (exact) mass is 361 g/mol. The van der Waals surface area contributed by atoms with E-state index < -0.39 is 11.5 Å². The number of nitrogens with one attached hydrogen (secondary N) is 1. The highest BCUT2D eigenvalue weighted by Gasteiger charge is 2.39. The second-order valence-electron chi connectivity index (χ2n) is 5.43. The lowest BCUT2D eigenvalue weighted by Gasteiger charge is -2.30. The number of hydrogen-bond donors (Lipinski definition) is 2. The molecule has 0 radical (unpaired) electrons. The highest BCUT2D eigenvalue weighted by molar-refractivity contribution is 7.99. The molecule has 0 saturated carbocycles. The molecule has 1 saturated heterocycles. The summed E-state index contributed by atoms with van der Waals surface area (Å²) in [5, 5.41) is 12.9. The highest BCUT2D eigenvalue weighted by Crippen LogP contribution is 2.30. The fourth-order valence-corrected chi connectivity index (χ4v) is 3.77. The Bertz CT molecular complexity index is 590. The standard InChI is InChI=1S/C15H17Cl2NO3S/c1-15(14(20)21,10-2-3-11(16)12(17)8-10)18-13(19)9-4-6-22-7-5-9/h2-3,8-9H,4-7H2,1H3,(H,18,19)(H,20,21). The molecule has 2 N–H and O–H groups in total. The molecule has 1 amide bonds. The van der Waals surface area contributed by atoms with E-state index in [2.05, 4.69) is 5.32 Å². The van der Waals surface area contributed by atoms with E-state index in [1.54, 1.807) is 6.07 Å². The lowest BCUT2D eigenvalue weighted by Crippen LogP contribution is -2.51. The van der Waals surface area contributed by atoms with Crippen molar-refractivity contribution in [2.75, 3.05) is 11.5 Å². The Balaban J connectivity index is 2.25. The van der Waals surface area contributed by atoms with Crippen LogP contribution in [0.1, 0.15) is 25.3 Å². The predicted octanol–water partition coefficient (Wildman–Crippen LogP) is 3.55. The Hall–Kier alpha value is -0.910. The van der Waals surface area contributed by atoms with Gasteiger partial charge in [-0.25, -0.2) is 4.79 Å². The Morgan fingerprint density at radius 3 is 2.45 bits per heavy atom. The van der Waals surface area contributed by atoms with Crippen LogP contribution in [0.3, 0.4) is 0 Å². The number of halogens is 2. The van der Waals surface area contributed by atoms with Gasteiger partial charge in [-0.1, -0.05) is 29.3 Å². The van der Waals surface area contributed by atoms with Gasteiger partial charge in [0.25, 0.3) is 0 Å². The number of benzene rings is 1. The van der Waals surface area contributed by atoms with E-state index in [4.69, 9.17) is 23.2 Å². The number of aliphatic carboxylic acids is 1. The van der Waals surface area contributed by atoms with Crippen molar-refractivity contribution < 1.29 is 14.7 Å². The van der Waals surface area contributed by atoms with Crippen LogP contribution in [0.2, 0.25) is 10.0 Å². The average Bonchev–Trinajstić information content (AvgIpc) is 2.50. The molecule has 1 aromatic carbocycles. The van der Waals surface area contributed by atoms with Gasteiger partial charge in [0.2, 0.25) is 5.91 Å². The Morgan fingerprint density at radius 1 is 1.27 bits per heavy atom.